The Morgan fingerprint density at radius 1 is 1.27 bits per heavy atom. The zero-order valence-corrected chi connectivity index (χ0v) is 9.92. The summed E-state index contributed by atoms with van der Waals surface area (Å²) in [6.07, 6.45) is 7.51. The van der Waals surface area contributed by atoms with Gasteiger partial charge in [0.1, 0.15) is 6.61 Å². The van der Waals surface area contributed by atoms with Crippen LogP contribution in [0.15, 0.2) is 0 Å². The van der Waals surface area contributed by atoms with Crippen molar-refractivity contribution in [1.29, 1.82) is 0 Å². The molecule has 1 aliphatic rings. The van der Waals surface area contributed by atoms with Crippen LogP contribution >= 0.6 is 0 Å². The summed E-state index contributed by atoms with van der Waals surface area (Å²) in [6, 6.07) is 0.385. The van der Waals surface area contributed by atoms with Crippen molar-refractivity contribution >= 4 is 5.91 Å². The van der Waals surface area contributed by atoms with E-state index < -0.39 is 0 Å². The average molecular weight is 213 g/mol. The van der Waals surface area contributed by atoms with Gasteiger partial charge in [0, 0.05) is 6.04 Å². The highest BCUT2D eigenvalue weighted by Gasteiger charge is 2.14. The Kier molecular flexibility index (Phi) is 5.69. The van der Waals surface area contributed by atoms with E-state index in [4.69, 9.17) is 4.74 Å². The molecule has 1 rings (SSSR count). The second-order valence-electron chi connectivity index (χ2n) is 4.62. The van der Waals surface area contributed by atoms with Crippen LogP contribution in [0.2, 0.25) is 0 Å². The van der Waals surface area contributed by atoms with Crippen molar-refractivity contribution in [3.05, 3.63) is 0 Å². The topological polar surface area (TPSA) is 38.3 Å². The maximum Gasteiger partial charge on any atom is 0.246 e. The summed E-state index contributed by atoms with van der Waals surface area (Å²) in [4.78, 5) is 11.5. The molecule has 0 bridgehead atoms. The lowest BCUT2D eigenvalue weighted by molar-refractivity contribution is -0.127. The Morgan fingerprint density at radius 3 is 2.40 bits per heavy atom. The van der Waals surface area contributed by atoms with Gasteiger partial charge in [-0.2, -0.15) is 0 Å². The van der Waals surface area contributed by atoms with E-state index in [1.807, 2.05) is 13.8 Å². The molecule has 3 heteroatoms. The zero-order valence-electron chi connectivity index (χ0n) is 9.92. The molecule has 0 aromatic rings. The van der Waals surface area contributed by atoms with Crippen LogP contribution in [-0.4, -0.2) is 24.7 Å². The third kappa shape index (κ3) is 5.78. The maximum atomic E-state index is 11.5. The second-order valence-corrected chi connectivity index (χ2v) is 4.62. The predicted molar refractivity (Wildman–Crippen MR) is 60.7 cm³/mol. The van der Waals surface area contributed by atoms with Gasteiger partial charge in [-0.1, -0.05) is 25.7 Å². The molecule has 1 saturated carbocycles. The van der Waals surface area contributed by atoms with Crippen molar-refractivity contribution in [2.24, 2.45) is 0 Å². The molecule has 3 nitrogen and oxygen atoms in total. The van der Waals surface area contributed by atoms with Crippen molar-refractivity contribution in [3.63, 3.8) is 0 Å². The molecule has 0 heterocycles. The first-order chi connectivity index (χ1) is 7.18. The van der Waals surface area contributed by atoms with Gasteiger partial charge in [-0.25, -0.2) is 0 Å². The Morgan fingerprint density at radius 2 is 1.87 bits per heavy atom. The van der Waals surface area contributed by atoms with Gasteiger partial charge in [-0.15, -0.1) is 0 Å². The van der Waals surface area contributed by atoms with Gasteiger partial charge in [0.25, 0.3) is 0 Å². The highest BCUT2D eigenvalue weighted by molar-refractivity contribution is 5.77. The monoisotopic (exact) mass is 213 g/mol. The van der Waals surface area contributed by atoms with Gasteiger partial charge in [0.15, 0.2) is 0 Å². The van der Waals surface area contributed by atoms with Crippen LogP contribution in [0.4, 0.5) is 0 Å². The van der Waals surface area contributed by atoms with E-state index in [9.17, 15) is 4.79 Å². The van der Waals surface area contributed by atoms with E-state index in [0.717, 1.165) is 12.8 Å². The van der Waals surface area contributed by atoms with Gasteiger partial charge in [-0.05, 0) is 26.7 Å². The molecule has 1 aliphatic carbocycles. The van der Waals surface area contributed by atoms with E-state index in [1.165, 1.54) is 25.7 Å². The van der Waals surface area contributed by atoms with Gasteiger partial charge >= 0.3 is 0 Å². The molecule has 0 unspecified atom stereocenters. The van der Waals surface area contributed by atoms with Gasteiger partial charge in [-0.3, -0.25) is 4.79 Å². The molecule has 0 saturated heterocycles. The van der Waals surface area contributed by atoms with E-state index in [2.05, 4.69) is 5.32 Å². The first-order valence-electron chi connectivity index (χ1n) is 6.09. The fourth-order valence-corrected chi connectivity index (χ4v) is 1.94. The average Bonchev–Trinajstić information content (AvgIpc) is 2.43. The third-order valence-corrected chi connectivity index (χ3v) is 2.77. The van der Waals surface area contributed by atoms with Crippen molar-refractivity contribution in [2.45, 2.75) is 64.5 Å². The Labute approximate surface area is 92.6 Å². The van der Waals surface area contributed by atoms with E-state index >= 15 is 0 Å². The number of carbonyl (C=O) groups excluding carboxylic acids is 1. The van der Waals surface area contributed by atoms with Gasteiger partial charge < -0.3 is 10.1 Å². The van der Waals surface area contributed by atoms with Crippen molar-refractivity contribution < 1.29 is 9.53 Å². The number of carbonyl (C=O) groups is 1. The molecule has 1 N–H and O–H groups in total. The SMILES string of the molecule is CC(C)OCC(=O)NC1CCCCCC1. The molecule has 15 heavy (non-hydrogen) atoms. The highest BCUT2D eigenvalue weighted by atomic mass is 16.5. The number of hydrogen-bond donors (Lipinski definition) is 1. The fourth-order valence-electron chi connectivity index (χ4n) is 1.94. The van der Waals surface area contributed by atoms with Crippen molar-refractivity contribution in [2.75, 3.05) is 6.61 Å². The standard InChI is InChI=1S/C12H23NO2/c1-10(2)15-9-12(14)13-11-7-5-3-4-6-8-11/h10-11H,3-9H2,1-2H3,(H,13,14). The van der Waals surface area contributed by atoms with Gasteiger partial charge in [0.05, 0.1) is 6.10 Å². The van der Waals surface area contributed by atoms with Crippen LogP contribution in [0.1, 0.15) is 52.4 Å². The molecule has 0 spiro atoms. The molecular weight excluding hydrogens is 190 g/mol. The summed E-state index contributed by atoms with van der Waals surface area (Å²) < 4.78 is 5.26. The molecule has 88 valence electrons. The molecule has 0 radical (unpaired) electrons. The summed E-state index contributed by atoms with van der Waals surface area (Å²) in [6.45, 7) is 4.09. The molecule has 0 atom stereocenters. The summed E-state index contributed by atoms with van der Waals surface area (Å²) in [7, 11) is 0. The first-order valence-corrected chi connectivity index (χ1v) is 6.09. The Hall–Kier alpha value is -0.570. The van der Waals surface area contributed by atoms with E-state index in [0.29, 0.717) is 6.04 Å². The third-order valence-electron chi connectivity index (χ3n) is 2.77. The minimum absolute atomic E-state index is 0.0376. The fraction of sp³-hybridized carbons (Fsp3) is 0.917. The summed E-state index contributed by atoms with van der Waals surface area (Å²) in [5.74, 6) is 0.0376. The lowest BCUT2D eigenvalue weighted by Gasteiger charge is -2.16. The predicted octanol–water partition coefficient (Wildman–Crippen LogP) is 2.25. The number of nitrogens with one attached hydrogen (secondary N) is 1. The second kappa shape index (κ2) is 6.83. The quantitative estimate of drug-likeness (QED) is 0.727. The number of hydrogen-bond acceptors (Lipinski definition) is 2. The molecule has 0 aliphatic heterocycles. The lowest BCUT2D eigenvalue weighted by atomic mass is 10.1. The largest absolute Gasteiger partial charge is 0.369 e. The van der Waals surface area contributed by atoms with Crippen LogP contribution in [0.3, 0.4) is 0 Å². The number of amides is 1. The molecule has 1 fully saturated rings. The van der Waals surface area contributed by atoms with Crippen molar-refractivity contribution in [3.8, 4) is 0 Å². The van der Waals surface area contributed by atoms with Crippen molar-refractivity contribution in [1.82, 2.24) is 5.32 Å². The van der Waals surface area contributed by atoms with Crippen LogP contribution in [0.5, 0.6) is 0 Å². The lowest BCUT2D eigenvalue weighted by Crippen LogP contribution is -2.37. The van der Waals surface area contributed by atoms with Crippen LogP contribution in [0.25, 0.3) is 0 Å². The Bertz CT molecular complexity index is 184. The summed E-state index contributed by atoms with van der Waals surface area (Å²) in [5.41, 5.74) is 0. The number of rotatable bonds is 4. The highest BCUT2D eigenvalue weighted by Crippen LogP contribution is 2.16. The van der Waals surface area contributed by atoms with Gasteiger partial charge in [0.2, 0.25) is 5.91 Å². The molecule has 0 aromatic heterocycles. The normalized spacial score (nSPS) is 18.9. The minimum atomic E-state index is 0.0376. The first kappa shape index (κ1) is 12.5. The summed E-state index contributed by atoms with van der Waals surface area (Å²) in [5, 5.41) is 3.05. The molecule has 1 amide bonds. The van der Waals surface area contributed by atoms with E-state index in [-0.39, 0.29) is 18.6 Å². The van der Waals surface area contributed by atoms with Crippen LogP contribution < -0.4 is 5.32 Å². The smallest absolute Gasteiger partial charge is 0.246 e. The van der Waals surface area contributed by atoms with Crippen LogP contribution in [-0.2, 0) is 9.53 Å². The summed E-state index contributed by atoms with van der Waals surface area (Å²) >= 11 is 0. The number of ether oxygens (including phenoxy) is 1. The molecular formula is C12H23NO2. The molecule has 0 aromatic carbocycles. The minimum Gasteiger partial charge on any atom is -0.369 e. The Balaban J connectivity index is 2.17. The maximum absolute atomic E-state index is 11.5. The zero-order chi connectivity index (χ0) is 11.1. The van der Waals surface area contributed by atoms with Crippen LogP contribution in [0, 0.1) is 0 Å². The van der Waals surface area contributed by atoms with E-state index in [1.54, 1.807) is 0 Å².